The number of furan rings is 1. The topological polar surface area (TPSA) is 79.5 Å². The molecule has 1 unspecified atom stereocenters. The van der Waals surface area contributed by atoms with Crippen LogP contribution in [0.5, 0.6) is 0 Å². The normalized spacial score (nSPS) is 14.3. The highest BCUT2D eigenvalue weighted by Crippen LogP contribution is 2.33. The van der Waals surface area contributed by atoms with Gasteiger partial charge >= 0.3 is 0 Å². The first-order valence-electron chi connectivity index (χ1n) is 8.54. The Morgan fingerprint density at radius 1 is 1.11 bits per heavy atom. The van der Waals surface area contributed by atoms with Crippen molar-refractivity contribution in [1.82, 2.24) is 4.72 Å². The lowest BCUT2D eigenvalue weighted by molar-refractivity contribution is 0.0655. The van der Waals surface area contributed by atoms with Crippen LogP contribution in [-0.2, 0) is 15.6 Å². The molecule has 3 aromatic rings. The molecule has 1 aromatic carbocycles. The summed E-state index contributed by atoms with van der Waals surface area (Å²) in [5.41, 5.74) is 1.67. The van der Waals surface area contributed by atoms with Crippen molar-refractivity contribution in [3.8, 4) is 0 Å². The zero-order chi connectivity index (χ0) is 19.8. The van der Waals surface area contributed by atoms with E-state index < -0.39 is 15.6 Å². The molecule has 0 aliphatic carbocycles. The number of hydrogen-bond donors (Lipinski definition) is 2. The van der Waals surface area contributed by atoms with E-state index >= 15 is 0 Å². The molecule has 0 aliphatic rings. The van der Waals surface area contributed by atoms with Crippen LogP contribution >= 0.6 is 11.3 Å². The van der Waals surface area contributed by atoms with Gasteiger partial charge in [-0.05, 0) is 73.5 Å². The summed E-state index contributed by atoms with van der Waals surface area (Å²) < 4.78 is 34.2. The molecule has 0 spiro atoms. The van der Waals surface area contributed by atoms with Crippen molar-refractivity contribution in [2.45, 2.75) is 38.2 Å². The van der Waals surface area contributed by atoms with Crippen molar-refractivity contribution in [3.63, 3.8) is 0 Å². The minimum Gasteiger partial charge on any atom is -0.466 e. The van der Waals surface area contributed by atoms with Gasteiger partial charge in [-0.3, -0.25) is 0 Å². The van der Waals surface area contributed by atoms with Crippen LogP contribution in [0.2, 0.25) is 0 Å². The van der Waals surface area contributed by atoms with Gasteiger partial charge in [0, 0.05) is 4.88 Å². The maximum Gasteiger partial charge on any atom is 0.241 e. The third kappa shape index (κ3) is 3.60. The molecule has 3 rings (SSSR count). The summed E-state index contributed by atoms with van der Waals surface area (Å²) >= 11 is 1.34. The number of benzene rings is 1. The molecule has 7 heteroatoms. The molecular weight excluding hydrogens is 382 g/mol. The fourth-order valence-electron chi connectivity index (χ4n) is 3.18. The summed E-state index contributed by atoms with van der Waals surface area (Å²) in [6, 6.07) is 8.85. The standard InChI is InChI=1S/C20H23NO4S2/c1-13-11-14(2)16(4)19(15(13)3)27(23,24)21-12-20(22,17-7-5-9-25-17)18-8-6-10-26-18/h5-11,21-22H,12H2,1-4H3. The Morgan fingerprint density at radius 2 is 1.78 bits per heavy atom. The molecule has 0 saturated carbocycles. The van der Waals surface area contributed by atoms with Crippen LogP contribution in [0.25, 0.3) is 0 Å². The summed E-state index contributed by atoms with van der Waals surface area (Å²) in [5, 5.41) is 13.1. The third-order valence-electron chi connectivity index (χ3n) is 4.94. The molecule has 0 saturated heterocycles. The SMILES string of the molecule is Cc1cc(C)c(C)c(S(=O)(=O)NCC(O)(c2ccco2)c2cccs2)c1C. The van der Waals surface area contributed by atoms with Gasteiger partial charge in [-0.2, -0.15) is 0 Å². The number of sulfonamides is 1. The van der Waals surface area contributed by atoms with Gasteiger partial charge in [0.2, 0.25) is 10.0 Å². The summed E-state index contributed by atoms with van der Waals surface area (Å²) in [7, 11) is -3.83. The molecule has 1 atom stereocenters. The summed E-state index contributed by atoms with van der Waals surface area (Å²) in [5.74, 6) is 0.293. The van der Waals surface area contributed by atoms with E-state index in [0.717, 1.165) is 11.1 Å². The van der Waals surface area contributed by atoms with Gasteiger partial charge in [0.05, 0.1) is 17.7 Å². The maximum absolute atomic E-state index is 13.1. The number of thiophene rings is 1. The van der Waals surface area contributed by atoms with E-state index in [2.05, 4.69) is 4.72 Å². The van der Waals surface area contributed by atoms with Crippen molar-refractivity contribution < 1.29 is 17.9 Å². The van der Waals surface area contributed by atoms with Gasteiger partial charge in [0.25, 0.3) is 0 Å². The lowest BCUT2D eigenvalue weighted by atomic mass is 9.99. The molecule has 2 aromatic heterocycles. The molecule has 0 bridgehead atoms. The molecule has 5 nitrogen and oxygen atoms in total. The molecule has 144 valence electrons. The Hall–Kier alpha value is -1.93. The van der Waals surface area contributed by atoms with Crippen molar-refractivity contribution in [2.75, 3.05) is 6.54 Å². The minimum atomic E-state index is -3.83. The highest BCUT2D eigenvalue weighted by atomic mass is 32.2. The van der Waals surface area contributed by atoms with E-state index in [1.54, 1.807) is 38.1 Å². The number of nitrogens with one attached hydrogen (secondary N) is 1. The van der Waals surface area contributed by atoms with Crippen LogP contribution < -0.4 is 4.72 Å². The van der Waals surface area contributed by atoms with E-state index in [1.165, 1.54) is 17.6 Å². The zero-order valence-corrected chi connectivity index (χ0v) is 17.4. The van der Waals surface area contributed by atoms with Crippen molar-refractivity contribution in [2.24, 2.45) is 0 Å². The van der Waals surface area contributed by atoms with E-state index in [0.29, 0.717) is 21.8 Å². The van der Waals surface area contributed by atoms with Crippen molar-refractivity contribution >= 4 is 21.4 Å². The minimum absolute atomic E-state index is 0.227. The number of hydrogen-bond acceptors (Lipinski definition) is 5. The third-order valence-corrected chi connectivity index (χ3v) is 7.64. The second-order valence-corrected chi connectivity index (χ2v) is 9.38. The Labute approximate surface area is 163 Å². The lowest BCUT2D eigenvalue weighted by Gasteiger charge is -2.26. The lowest BCUT2D eigenvalue weighted by Crippen LogP contribution is -2.41. The first-order chi connectivity index (χ1) is 12.7. The van der Waals surface area contributed by atoms with Crippen LogP contribution in [0.4, 0.5) is 0 Å². The van der Waals surface area contributed by atoms with Crippen LogP contribution in [-0.4, -0.2) is 20.1 Å². The summed E-state index contributed by atoms with van der Waals surface area (Å²) in [4.78, 5) is 0.877. The van der Waals surface area contributed by atoms with Gasteiger partial charge < -0.3 is 9.52 Å². The largest absolute Gasteiger partial charge is 0.466 e. The molecule has 2 N–H and O–H groups in total. The molecule has 27 heavy (non-hydrogen) atoms. The molecule has 2 heterocycles. The van der Waals surface area contributed by atoms with E-state index in [4.69, 9.17) is 4.42 Å². The molecule has 0 fully saturated rings. The van der Waals surface area contributed by atoms with Crippen molar-refractivity contribution in [3.05, 3.63) is 74.9 Å². The Morgan fingerprint density at radius 3 is 2.30 bits per heavy atom. The summed E-state index contributed by atoms with van der Waals surface area (Å²) in [6.45, 7) is 7.16. The van der Waals surface area contributed by atoms with Crippen molar-refractivity contribution in [1.29, 1.82) is 0 Å². The zero-order valence-electron chi connectivity index (χ0n) is 15.7. The van der Waals surface area contributed by atoms with Gasteiger partial charge in [-0.25, -0.2) is 13.1 Å². The highest BCUT2D eigenvalue weighted by molar-refractivity contribution is 7.89. The fourth-order valence-corrected chi connectivity index (χ4v) is 5.68. The quantitative estimate of drug-likeness (QED) is 0.654. The number of aliphatic hydroxyl groups is 1. The van der Waals surface area contributed by atoms with Crippen LogP contribution in [0, 0.1) is 27.7 Å². The average Bonchev–Trinajstić information content (AvgIpc) is 3.31. The van der Waals surface area contributed by atoms with Crippen LogP contribution in [0.3, 0.4) is 0 Å². The number of aryl methyl sites for hydroxylation is 2. The predicted molar refractivity (Wildman–Crippen MR) is 107 cm³/mol. The first kappa shape index (κ1) is 19.8. The second-order valence-electron chi connectivity index (χ2n) is 6.73. The predicted octanol–water partition coefficient (Wildman–Crippen LogP) is 3.79. The summed E-state index contributed by atoms with van der Waals surface area (Å²) in [6.07, 6.45) is 1.46. The Balaban J connectivity index is 2.00. The van der Waals surface area contributed by atoms with Crippen LogP contribution in [0.15, 0.2) is 51.3 Å². The fraction of sp³-hybridized carbons (Fsp3) is 0.300. The smallest absolute Gasteiger partial charge is 0.241 e. The maximum atomic E-state index is 13.1. The van der Waals surface area contributed by atoms with Gasteiger partial charge in [0.1, 0.15) is 5.76 Å². The van der Waals surface area contributed by atoms with Crippen LogP contribution in [0.1, 0.15) is 32.9 Å². The van der Waals surface area contributed by atoms with E-state index in [9.17, 15) is 13.5 Å². The Kier molecular flexibility index (Phi) is 5.31. The Bertz CT molecular complexity index is 976. The molecular formula is C20H23NO4S2. The van der Waals surface area contributed by atoms with Gasteiger partial charge in [-0.1, -0.05) is 12.1 Å². The molecule has 0 amide bonds. The average molecular weight is 406 g/mol. The second kappa shape index (κ2) is 7.24. The monoisotopic (exact) mass is 405 g/mol. The highest BCUT2D eigenvalue weighted by Gasteiger charge is 2.37. The molecule has 0 radical (unpaired) electrons. The van der Waals surface area contributed by atoms with E-state index in [1.807, 2.05) is 25.3 Å². The van der Waals surface area contributed by atoms with E-state index in [-0.39, 0.29) is 11.4 Å². The van der Waals surface area contributed by atoms with Gasteiger partial charge in [0.15, 0.2) is 5.60 Å². The van der Waals surface area contributed by atoms with Gasteiger partial charge in [-0.15, -0.1) is 11.3 Å². The molecule has 0 aliphatic heterocycles. The number of rotatable bonds is 6. The first-order valence-corrected chi connectivity index (χ1v) is 10.9.